The highest BCUT2D eigenvalue weighted by molar-refractivity contribution is 5.75. The second-order valence-electron chi connectivity index (χ2n) is 8.52. The lowest BCUT2D eigenvalue weighted by Gasteiger charge is -2.53. The van der Waals surface area contributed by atoms with Crippen molar-refractivity contribution in [2.45, 2.75) is 70.8 Å². The largest absolute Gasteiger partial charge is 0.481 e. The highest BCUT2D eigenvalue weighted by Crippen LogP contribution is 2.57. The van der Waals surface area contributed by atoms with E-state index in [2.05, 4.69) is 19.1 Å². The Morgan fingerprint density at radius 3 is 2.57 bits per heavy atom. The zero-order chi connectivity index (χ0) is 17.0. The summed E-state index contributed by atoms with van der Waals surface area (Å²) in [6.45, 7) is 7.81. The number of hydrogen-bond acceptors (Lipinski definition) is 2. The van der Waals surface area contributed by atoms with Crippen LogP contribution in [0.4, 0.5) is 0 Å². The maximum Gasteiger partial charge on any atom is 0.309 e. The number of benzene rings is 1. The fourth-order valence-electron chi connectivity index (χ4n) is 5.13. The van der Waals surface area contributed by atoms with Crippen LogP contribution < -0.4 is 0 Å². The Labute approximate surface area is 138 Å². The number of carbonyl (C=O) groups is 1. The normalized spacial score (nSPS) is 33.7. The molecule has 0 aliphatic heterocycles. The first-order valence-electron chi connectivity index (χ1n) is 8.69. The first-order valence-corrected chi connectivity index (χ1v) is 8.69. The zero-order valence-electron chi connectivity index (χ0n) is 14.6. The van der Waals surface area contributed by atoms with Crippen molar-refractivity contribution >= 4 is 5.97 Å². The van der Waals surface area contributed by atoms with E-state index in [1.807, 2.05) is 26.8 Å². The van der Waals surface area contributed by atoms with E-state index < -0.39 is 17.0 Å². The van der Waals surface area contributed by atoms with Crippen molar-refractivity contribution in [3.8, 4) is 0 Å². The highest BCUT2D eigenvalue weighted by atomic mass is 16.4. The molecule has 0 spiro atoms. The van der Waals surface area contributed by atoms with Crippen LogP contribution in [0, 0.1) is 11.3 Å². The SMILES string of the molecule is CC(C)(O)c1ccc2c(c1)CC[C@@H]1[C@@](C)(C(=O)O)CCC[C@]21C. The number of aryl methyl sites for hydroxylation is 1. The van der Waals surface area contributed by atoms with Gasteiger partial charge in [0, 0.05) is 0 Å². The van der Waals surface area contributed by atoms with Gasteiger partial charge in [0.05, 0.1) is 11.0 Å². The molecule has 0 heterocycles. The second-order valence-corrected chi connectivity index (χ2v) is 8.52. The van der Waals surface area contributed by atoms with Crippen LogP contribution in [0.25, 0.3) is 0 Å². The van der Waals surface area contributed by atoms with Crippen molar-refractivity contribution in [1.82, 2.24) is 0 Å². The minimum Gasteiger partial charge on any atom is -0.481 e. The van der Waals surface area contributed by atoms with Crippen LogP contribution in [0.1, 0.15) is 70.1 Å². The van der Waals surface area contributed by atoms with Gasteiger partial charge in [0.2, 0.25) is 0 Å². The molecule has 3 atom stereocenters. The van der Waals surface area contributed by atoms with Crippen molar-refractivity contribution < 1.29 is 15.0 Å². The molecule has 0 aromatic heterocycles. The highest BCUT2D eigenvalue weighted by Gasteiger charge is 2.55. The Hall–Kier alpha value is -1.35. The maximum absolute atomic E-state index is 11.9. The predicted molar refractivity (Wildman–Crippen MR) is 90.4 cm³/mol. The number of hydrogen-bond donors (Lipinski definition) is 2. The summed E-state index contributed by atoms with van der Waals surface area (Å²) in [4.78, 5) is 11.9. The predicted octanol–water partition coefficient (Wildman–Crippen LogP) is 4.01. The van der Waals surface area contributed by atoms with Gasteiger partial charge in [-0.3, -0.25) is 4.79 Å². The molecule has 3 rings (SSSR count). The molecule has 0 saturated heterocycles. The first kappa shape index (κ1) is 16.5. The molecule has 126 valence electrons. The van der Waals surface area contributed by atoms with Crippen molar-refractivity contribution in [3.63, 3.8) is 0 Å². The summed E-state index contributed by atoms with van der Waals surface area (Å²) in [5, 5.41) is 20.1. The minimum atomic E-state index is -0.838. The Bertz CT molecular complexity index is 643. The van der Waals surface area contributed by atoms with Crippen LogP contribution in [0.15, 0.2) is 18.2 Å². The summed E-state index contributed by atoms with van der Waals surface area (Å²) in [7, 11) is 0. The summed E-state index contributed by atoms with van der Waals surface area (Å²) in [5.74, 6) is -0.466. The van der Waals surface area contributed by atoms with Gasteiger partial charge in [0.25, 0.3) is 0 Å². The van der Waals surface area contributed by atoms with E-state index in [0.29, 0.717) is 0 Å². The quantitative estimate of drug-likeness (QED) is 0.867. The molecule has 3 nitrogen and oxygen atoms in total. The van der Waals surface area contributed by atoms with Crippen LogP contribution in [-0.2, 0) is 22.2 Å². The lowest BCUT2D eigenvalue weighted by Crippen LogP contribution is -2.52. The molecule has 2 aliphatic rings. The first-order chi connectivity index (χ1) is 10.6. The van der Waals surface area contributed by atoms with Gasteiger partial charge < -0.3 is 10.2 Å². The van der Waals surface area contributed by atoms with Gasteiger partial charge in [0.1, 0.15) is 0 Å². The van der Waals surface area contributed by atoms with Crippen molar-refractivity contribution in [1.29, 1.82) is 0 Å². The van der Waals surface area contributed by atoms with E-state index in [0.717, 1.165) is 37.7 Å². The maximum atomic E-state index is 11.9. The van der Waals surface area contributed by atoms with E-state index in [9.17, 15) is 15.0 Å². The molecule has 0 radical (unpaired) electrons. The third-order valence-corrected chi connectivity index (χ3v) is 6.55. The summed E-state index contributed by atoms with van der Waals surface area (Å²) < 4.78 is 0. The average molecular weight is 316 g/mol. The fourth-order valence-corrected chi connectivity index (χ4v) is 5.13. The molecular formula is C20H28O3. The van der Waals surface area contributed by atoms with Crippen LogP contribution in [-0.4, -0.2) is 16.2 Å². The van der Waals surface area contributed by atoms with Gasteiger partial charge in [-0.15, -0.1) is 0 Å². The Morgan fingerprint density at radius 2 is 1.96 bits per heavy atom. The Kier molecular flexibility index (Phi) is 3.64. The van der Waals surface area contributed by atoms with Gasteiger partial charge in [-0.25, -0.2) is 0 Å². The molecule has 0 bridgehead atoms. The molecule has 0 unspecified atom stereocenters. The van der Waals surface area contributed by atoms with Gasteiger partial charge in [-0.05, 0) is 74.5 Å². The third kappa shape index (κ3) is 2.40. The average Bonchev–Trinajstić information content (AvgIpc) is 2.45. The monoisotopic (exact) mass is 316 g/mol. The van der Waals surface area contributed by atoms with E-state index >= 15 is 0 Å². The van der Waals surface area contributed by atoms with E-state index in [1.54, 1.807) is 0 Å². The molecule has 1 fully saturated rings. The van der Waals surface area contributed by atoms with Crippen LogP contribution in [0.5, 0.6) is 0 Å². The summed E-state index contributed by atoms with van der Waals surface area (Å²) >= 11 is 0. The lowest BCUT2D eigenvalue weighted by atomic mass is 9.50. The number of fused-ring (bicyclic) bond motifs is 3. The van der Waals surface area contributed by atoms with E-state index in [-0.39, 0.29) is 11.3 Å². The Morgan fingerprint density at radius 1 is 1.26 bits per heavy atom. The van der Waals surface area contributed by atoms with Gasteiger partial charge in [-0.1, -0.05) is 31.5 Å². The third-order valence-electron chi connectivity index (χ3n) is 6.55. The van der Waals surface area contributed by atoms with Gasteiger partial charge >= 0.3 is 5.97 Å². The number of carboxylic acids is 1. The fraction of sp³-hybridized carbons (Fsp3) is 0.650. The summed E-state index contributed by atoms with van der Waals surface area (Å²) in [6.07, 6.45) is 4.61. The smallest absolute Gasteiger partial charge is 0.309 e. The molecule has 23 heavy (non-hydrogen) atoms. The van der Waals surface area contributed by atoms with Crippen molar-refractivity contribution in [2.24, 2.45) is 11.3 Å². The summed E-state index contributed by atoms with van der Waals surface area (Å²) in [6, 6.07) is 6.28. The number of aliphatic hydroxyl groups is 1. The molecule has 2 aliphatic carbocycles. The number of rotatable bonds is 2. The zero-order valence-corrected chi connectivity index (χ0v) is 14.6. The Balaban J connectivity index is 2.08. The topological polar surface area (TPSA) is 57.5 Å². The molecule has 3 heteroatoms. The van der Waals surface area contributed by atoms with Crippen LogP contribution in [0.2, 0.25) is 0 Å². The molecule has 1 saturated carbocycles. The molecule has 2 N–H and O–H groups in total. The minimum absolute atomic E-state index is 0.0723. The molecule has 0 amide bonds. The number of aliphatic carboxylic acids is 1. The summed E-state index contributed by atoms with van der Waals surface area (Å²) in [5.41, 5.74) is 1.99. The lowest BCUT2D eigenvalue weighted by molar-refractivity contribution is -0.157. The van der Waals surface area contributed by atoms with Crippen molar-refractivity contribution in [2.75, 3.05) is 0 Å². The van der Waals surface area contributed by atoms with Gasteiger partial charge in [0.15, 0.2) is 0 Å². The molecular weight excluding hydrogens is 288 g/mol. The van der Waals surface area contributed by atoms with E-state index in [4.69, 9.17) is 0 Å². The van der Waals surface area contributed by atoms with Crippen LogP contribution in [0.3, 0.4) is 0 Å². The standard InChI is InChI=1S/C20H28O3/c1-18(2,23)14-7-8-15-13(12-14)6-9-16-19(15,3)10-5-11-20(16,4)17(21)22/h7-8,12,16,23H,5-6,9-11H2,1-4H3,(H,21,22)/t16-,19+,20-/m0/s1. The van der Waals surface area contributed by atoms with Gasteiger partial charge in [-0.2, -0.15) is 0 Å². The number of carboxylic acid groups (broad SMARTS) is 1. The van der Waals surface area contributed by atoms with Crippen LogP contribution >= 0.6 is 0 Å². The van der Waals surface area contributed by atoms with E-state index in [1.165, 1.54) is 11.1 Å². The molecule has 1 aromatic rings. The second kappa shape index (κ2) is 5.07. The van der Waals surface area contributed by atoms with Crippen molar-refractivity contribution in [3.05, 3.63) is 34.9 Å². The molecule has 1 aromatic carbocycles.